The normalized spacial score (nSPS) is 23.7. The Labute approximate surface area is 177 Å². The van der Waals surface area contributed by atoms with E-state index in [9.17, 15) is 14.0 Å². The lowest BCUT2D eigenvalue weighted by atomic mass is 9.83. The Morgan fingerprint density at radius 1 is 1.07 bits per heavy atom. The number of amides is 2. The van der Waals surface area contributed by atoms with Gasteiger partial charge in [0.25, 0.3) is 0 Å². The molecule has 1 atom stereocenters. The summed E-state index contributed by atoms with van der Waals surface area (Å²) in [6.45, 7) is 3.66. The highest BCUT2D eigenvalue weighted by molar-refractivity contribution is 5.79. The van der Waals surface area contributed by atoms with Gasteiger partial charge in [-0.1, -0.05) is 18.2 Å². The van der Waals surface area contributed by atoms with Crippen LogP contribution in [0.3, 0.4) is 0 Å². The number of hydrogen-bond acceptors (Lipinski definition) is 4. The fraction of sp³-hybridized carbons (Fsp3) is 0.652. The van der Waals surface area contributed by atoms with Crippen molar-refractivity contribution in [2.75, 3.05) is 39.4 Å². The highest BCUT2D eigenvalue weighted by atomic mass is 19.1. The lowest BCUT2D eigenvalue weighted by Gasteiger charge is -2.46. The van der Waals surface area contributed by atoms with Crippen LogP contribution in [0, 0.1) is 5.82 Å². The van der Waals surface area contributed by atoms with E-state index >= 15 is 0 Å². The smallest absolute Gasteiger partial charge is 0.248 e. The summed E-state index contributed by atoms with van der Waals surface area (Å²) in [5, 5.41) is 0. The Morgan fingerprint density at radius 2 is 1.77 bits per heavy atom. The number of benzene rings is 1. The quantitative estimate of drug-likeness (QED) is 0.738. The number of hydrogen-bond donors (Lipinski definition) is 0. The minimum Gasteiger partial charge on any atom is -0.375 e. The third-order valence-corrected chi connectivity index (χ3v) is 6.68. The van der Waals surface area contributed by atoms with Gasteiger partial charge < -0.3 is 19.3 Å². The second-order valence-electron chi connectivity index (χ2n) is 8.69. The Morgan fingerprint density at radius 3 is 2.50 bits per heavy atom. The van der Waals surface area contributed by atoms with Crippen LogP contribution in [0.25, 0.3) is 0 Å². The average molecular weight is 419 g/mol. The highest BCUT2D eigenvalue weighted by Crippen LogP contribution is 2.36. The van der Waals surface area contributed by atoms with E-state index in [0.717, 1.165) is 51.6 Å². The average Bonchev–Trinajstić information content (AvgIpc) is 3.29. The molecule has 1 aromatic carbocycles. The first-order chi connectivity index (χ1) is 14.5. The van der Waals surface area contributed by atoms with Gasteiger partial charge >= 0.3 is 0 Å². The van der Waals surface area contributed by atoms with Gasteiger partial charge in [0, 0.05) is 39.2 Å². The van der Waals surface area contributed by atoms with E-state index in [0.29, 0.717) is 25.3 Å². The molecule has 0 aliphatic carbocycles. The van der Waals surface area contributed by atoms with E-state index < -0.39 is 0 Å². The van der Waals surface area contributed by atoms with Gasteiger partial charge in [-0.05, 0) is 43.7 Å². The third kappa shape index (κ3) is 5.01. The molecular formula is C23H31FN2O4. The molecule has 2 amide bonds. The van der Waals surface area contributed by atoms with Crippen LogP contribution in [0.5, 0.6) is 0 Å². The minimum absolute atomic E-state index is 0.0194. The predicted octanol–water partition coefficient (Wildman–Crippen LogP) is 2.55. The van der Waals surface area contributed by atoms with E-state index in [1.807, 2.05) is 9.80 Å². The number of carbonyl (C=O) groups is 2. The van der Waals surface area contributed by atoms with Crippen molar-refractivity contribution in [3.63, 3.8) is 0 Å². The molecule has 6 nitrogen and oxygen atoms in total. The summed E-state index contributed by atoms with van der Waals surface area (Å²) in [7, 11) is 0. The van der Waals surface area contributed by atoms with Crippen molar-refractivity contribution in [2.45, 2.75) is 56.7 Å². The molecule has 1 spiro atoms. The van der Waals surface area contributed by atoms with Crippen LogP contribution in [0.2, 0.25) is 0 Å². The number of nitrogens with zero attached hydrogens (tertiary/aromatic N) is 2. The predicted molar refractivity (Wildman–Crippen MR) is 109 cm³/mol. The van der Waals surface area contributed by atoms with Gasteiger partial charge in [0.15, 0.2) is 0 Å². The molecule has 7 heteroatoms. The molecule has 4 rings (SSSR count). The van der Waals surface area contributed by atoms with E-state index in [4.69, 9.17) is 9.47 Å². The minimum atomic E-state index is -0.335. The molecule has 0 saturated carbocycles. The van der Waals surface area contributed by atoms with E-state index in [1.165, 1.54) is 6.07 Å². The van der Waals surface area contributed by atoms with Crippen LogP contribution in [0.1, 0.15) is 44.1 Å². The van der Waals surface area contributed by atoms with Crippen molar-refractivity contribution in [2.24, 2.45) is 0 Å². The molecule has 1 aromatic rings. The monoisotopic (exact) mass is 418 g/mol. The van der Waals surface area contributed by atoms with Crippen molar-refractivity contribution in [1.29, 1.82) is 0 Å². The molecule has 164 valence electrons. The Kier molecular flexibility index (Phi) is 6.68. The van der Waals surface area contributed by atoms with Gasteiger partial charge in [-0.15, -0.1) is 0 Å². The molecule has 3 fully saturated rings. The van der Waals surface area contributed by atoms with Crippen LogP contribution < -0.4 is 0 Å². The number of rotatable bonds is 5. The van der Waals surface area contributed by atoms with Crippen molar-refractivity contribution >= 4 is 11.8 Å². The van der Waals surface area contributed by atoms with Gasteiger partial charge in [0.05, 0.1) is 18.1 Å². The zero-order valence-corrected chi connectivity index (χ0v) is 17.5. The Hall–Kier alpha value is -1.99. The number of halogens is 1. The molecule has 0 radical (unpaired) electrons. The molecule has 30 heavy (non-hydrogen) atoms. The van der Waals surface area contributed by atoms with E-state index in [1.54, 1.807) is 18.2 Å². The first-order valence-corrected chi connectivity index (χ1v) is 11.1. The summed E-state index contributed by atoms with van der Waals surface area (Å²) in [5.41, 5.74) is 0.154. The zero-order valence-electron chi connectivity index (χ0n) is 17.5. The first-order valence-electron chi connectivity index (χ1n) is 11.1. The highest BCUT2D eigenvalue weighted by Gasteiger charge is 2.41. The zero-order chi connectivity index (χ0) is 21.0. The second kappa shape index (κ2) is 9.43. The fourth-order valence-corrected chi connectivity index (χ4v) is 4.80. The maximum atomic E-state index is 13.8. The summed E-state index contributed by atoms with van der Waals surface area (Å²) in [6.07, 6.45) is 5.32. The van der Waals surface area contributed by atoms with Crippen LogP contribution >= 0.6 is 0 Å². The van der Waals surface area contributed by atoms with Crippen molar-refractivity contribution in [3.8, 4) is 0 Å². The lowest BCUT2D eigenvalue weighted by Crippen LogP contribution is -2.52. The van der Waals surface area contributed by atoms with E-state index in [-0.39, 0.29) is 42.4 Å². The van der Waals surface area contributed by atoms with Crippen LogP contribution in [-0.4, -0.2) is 72.7 Å². The maximum Gasteiger partial charge on any atom is 0.248 e. The third-order valence-electron chi connectivity index (χ3n) is 6.68. The summed E-state index contributed by atoms with van der Waals surface area (Å²) < 4.78 is 25.9. The Bertz CT molecular complexity index is 757. The number of ether oxygens (including phenoxy) is 2. The second-order valence-corrected chi connectivity index (χ2v) is 8.69. The van der Waals surface area contributed by atoms with Gasteiger partial charge in [0.1, 0.15) is 12.4 Å². The Balaban J connectivity index is 1.25. The van der Waals surface area contributed by atoms with Gasteiger partial charge in [-0.3, -0.25) is 9.59 Å². The molecule has 3 aliphatic heterocycles. The van der Waals surface area contributed by atoms with E-state index in [2.05, 4.69) is 0 Å². The van der Waals surface area contributed by atoms with Crippen molar-refractivity contribution < 1.29 is 23.5 Å². The SMILES string of the molecule is O=C(COC1CCOC2(CCN(C(=O)Cc3ccccc3F)CC2)C1)N1CCCC1. The summed E-state index contributed by atoms with van der Waals surface area (Å²) >= 11 is 0. The molecule has 0 bridgehead atoms. The molecule has 0 aromatic heterocycles. The molecule has 3 heterocycles. The summed E-state index contributed by atoms with van der Waals surface area (Å²) in [4.78, 5) is 28.5. The van der Waals surface area contributed by atoms with Crippen molar-refractivity contribution in [3.05, 3.63) is 35.6 Å². The van der Waals surface area contributed by atoms with Crippen LogP contribution in [0.15, 0.2) is 24.3 Å². The number of piperidine rings is 1. The standard InChI is InChI=1S/C23H31FN2O4/c24-20-6-2-1-5-18(20)15-21(27)26-12-8-23(9-13-26)16-19(7-14-30-23)29-17-22(28)25-10-3-4-11-25/h1-2,5-6,19H,3-4,7-17H2. The van der Waals surface area contributed by atoms with Crippen molar-refractivity contribution in [1.82, 2.24) is 9.80 Å². The summed E-state index contributed by atoms with van der Waals surface area (Å²) in [5.74, 6) is -0.296. The van der Waals surface area contributed by atoms with Gasteiger partial charge in [-0.2, -0.15) is 0 Å². The summed E-state index contributed by atoms with van der Waals surface area (Å²) in [6, 6.07) is 6.43. The molecule has 0 N–H and O–H groups in total. The number of carbonyl (C=O) groups excluding carboxylic acids is 2. The molecule has 3 aliphatic rings. The number of likely N-dealkylation sites (tertiary alicyclic amines) is 2. The van der Waals surface area contributed by atoms with Crippen LogP contribution in [-0.2, 0) is 25.5 Å². The fourth-order valence-electron chi connectivity index (χ4n) is 4.80. The molecule has 3 saturated heterocycles. The lowest BCUT2D eigenvalue weighted by molar-refractivity contribution is -0.166. The topological polar surface area (TPSA) is 59.1 Å². The van der Waals surface area contributed by atoms with Crippen LogP contribution in [0.4, 0.5) is 4.39 Å². The maximum absolute atomic E-state index is 13.8. The first kappa shape index (κ1) is 21.2. The molecule has 1 unspecified atom stereocenters. The largest absolute Gasteiger partial charge is 0.375 e. The van der Waals surface area contributed by atoms with Gasteiger partial charge in [-0.25, -0.2) is 4.39 Å². The molecular weight excluding hydrogens is 387 g/mol. The van der Waals surface area contributed by atoms with Gasteiger partial charge in [0.2, 0.25) is 11.8 Å².